The van der Waals surface area contributed by atoms with Crippen LogP contribution in [-0.2, 0) is 14.3 Å². The maximum absolute atomic E-state index is 13.2. The van der Waals surface area contributed by atoms with Crippen molar-refractivity contribution in [1.82, 2.24) is 4.90 Å². The molecule has 0 spiro atoms. The lowest BCUT2D eigenvalue weighted by atomic mass is 10.1. The van der Waals surface area contributed by atoms with E-state index in [0.717, 1.165) is 12.8 Å². The van der Waals surface area contributed by atoms with Crippen LogP contribution < -0.4 is 14.8 Å². The smallest absolute Gasteiger partial charge is 0.411 e. The summed E-state index contributed by atoms with van der Waals surface area (Å²) in [7, 11) is 2.79. The summed E-state index contributed by atoms with van der Waals surface area (Å²) in [5, 5.41) is 2.61. The van der Waals surface area contributed by atoms with Crippen LogP contribution in [0.2, 0.25) is 0 Å². The number of carbonyl (C=O) groups excluding carboxylic acids is 3. The summed E-state index contributed by atoms with van der Waals surface area (Å²) < 4.78 is 20.8. The number of rotatable bonds is 10. The molecule has 0 saturated carbocycles. The van der Waals surface area contributed by atoms with Crippen molar-refractivity contribution in [3.8, 4) is 11.5 Å². The maximum atomic E-state index is 13.2. The molecule has 31 heavy (non-hydrogen) atoms. The molecule has 1 aromatic rings. The van der Waals surface area contributed by atoms with Crippen LogP contribution in [0.15, 0.2) is 24.8 Å². The Labute approximate surface area is 182 Å². The highest BCUT2D eigenvalue weighted by molar-refractivity contribution is 6.03. The first-order valence-electron chi connectivity index (χ1n) is 10.2. The molecule has 0 aliphatic carbocycles. The standard InChI is InChI=1S/C22H30N2O7/c1-5-11-31-22(27)23-17-14-19(30-12-7-9-20(25)29-4)18(28-3)13-16(17)21(26)24-10-6-8-15(24)2/h5,13-15H,1,6-12H2,2-4H3,(H,23,27)/t15-/m1/s1. The molecule has 170 valence electrons. The fourth-order valence-corrected chi connectivity index (χ4v) is 3.28. The summed E-state index contributed by atoms with van der Waals surface area (Å²) >= 11 is 0. The van der Waals surface area contributed by atoms with E-state index in [0.29, 0.717) is 24.5 Å². The molecule has 0 radical (unpaired) electrons. The summed E-state index contributed by atoms with van der Waals surface area (Å²) in [6, 6.07) is 3.18. The van der Waals surface area contributed by atoms with Crippen LogP contribution in [0.1, 0.15) is 43.0 Å². The highest BCUT2D eigenvalue weighted by Gasteiger charge is 2.29. The van der Waals surface area contributed by atoms with Gasteiger partial charge in [-0.1, -0.05) is 12.7 Å². The average molecular weight is 434 g/mol. The van der Waals surface area contributed by atoms with Crippen LogP contribution in [0.5, 0.6) is 11.5 Å². The number of amides is 2. The second kappa shape index (κ2) is 11.8. The lowest BCUT2D eigenvalue weighted by Gasteiger charge is -2.24. The lowest BCUT2D eigenvalue weighted by molar-refractivity contribution is -0.140. The molecule has 1 saturated heterocycles. The second-order valence-corrected chi connectivity index (χ2v) is 7.08. The zero-order valence-electron chi connectivity index (χ0n) is 18.3. The Morgan fingerprint density at radius 3 is 2.65 bits per heavy atom. The Morgan fingerprint density at radius 2 is 2.03 bits per heavy atom. The number of ether oxygens (including phenoxy) is 4. The van der Waals surface area contributed by atoms with Crippen molar-refractivity contribution < 1.29 is 33.3 Å². The number of nitrogens with zero attached hydrogens (tertiary/aromatic N) is 1. The van der Waals surface area contributed by atoms with Gasteiger partial charge in [-0.05, 0) is 32.3 Å². The van der Waals surface area contributed by atoms with Crippen LogP contribution >= 0.6 is 0 Å². The van der Waals surface area contributed by atoms with Gasteiger partial charge in [-0.15, -0.1) is 0 Å². The van der Waals surface area contributed by atoms with Crippen molar-refractivity contribution in [3.63, 3.8) is 0 Å². The van der Waals surface area contributed by atoms with Crippen LogP contribution in [0, 0.1) is 0 Å². The van der Waals surface area contributed by atoms with Crippen molar-refractivity contribution in [2.75, 3.05) is 39.3 Å². The number of esters is 1. The van der Waals surface area contributed by atoms with Gasteiger partial charge in [0.2, 0.25) is 0 Å². The van der Waals surface area contributed by atoms with E-state index in [1.54, 1.807) is 11.0 Å². The van der Waals surface area contributed by atoms with Crippen molar-refractivity contribution >= 4 is 23.7 Å². The summed E-state index contributed by atoms with van der Waals surface area (Å²) in [6.07, 6.45) is 3.23. The van der Waals surface area contributed by atoms with E-state index in [1.165, 1.54) is 26.4 Å². The maximum Gasteiger partial charge on any atom is 0.411 e. The van der Waals surface area contributed by atoms with E-state index in [2.05, 4.69) is 16.6 Å². The second-order valence-electron chi connectivity index (χ2n) is 7.08. The highest BCUT2D eigenvalue weighted by Crippen LogP contribution is 2.35. The van der Waals surface area contributed by atoms with E-state index >= 15 is 0 Å². The molecule has 9 nitrogen and oxygen atoms in total. The summed E-state index contributed by atoms with van der Waals surface area (Å²) in [5.41, 5.74) is 0.532. The van der Waals surface area contributed by atoms with Crippen LogP contribution in [0.25, 0.3) is 0 Å². The fourth-order valence-electron chi connectivity index (χ4n) is 3.28. The van der Waals surface area contributed by atoms with Gasteiger partial charge >= 0.3 is 12.1 Å². The van der Waals surface area contributed by atoms with E-state index < -0.39 is 6.09 Å². The Balaban J connectivity index is 2.29. The third-order valence-corrected chi connectivity index (χ3v) is 4.93. The topological polar surface area (TPSA) is 103 Å². The third kappa shape index (κ3) is 6.63. The Kier molecular flexibility index (Phi) is 9.17. The van der Waals surface area contributed by atoms with E-state index in [4.69, 9.17) is 14.2 Å². The number of methoxy groups -OCH3 is 2. The largest absolute Gasteiger partial charge is 0.493 e. The molecule has 1 aliphatic rings. The van der Waals surface area contributed by atoms with Crippen LogP contribution in [-0.4, -0.2) is 62.9 Å². The van der Waals surface area contributed by atoms with Gasteiger partial charge in [0, 0.05) is 25.1 Å². The molecule has 1 N–H and O–H groups in total. The number of nitrogens with one attached hydrogen (secondary N) is 1. The van der Waals surface area contributed by atoms with Gasteiger partial charge in [0.25, 0.3) is 5.91 Å². The van der Waals surface area contributed by atoms with Crippen molar-refractivity contribution in [2.45, 2.75) is 38.6 Å². The molecule has 0 bridgehead atoms. The predicted octanol–water partition coefficient (Wildman–Crippen LogP) is 3.39. The molecular formula is C22H30N2O7. The first-order valence-corrected chi connectivity index (χ1v) is 10.2. The van der Waals surface area contributed by atoms with Gasteiger partial charge in [-0.3, -0.25) is 14.9 Å². The molecule has 2 amide bonds. The first-order chi connectivity index (χ1) is 14.9. The highest BCUT2D eigenvalue weighted by atomic mass is 16.5. The zero-order valence-corrected chi connectivity index (χ0v) is 18.3. The molecule has 1 aromatic carbocycles. The third-order valence-electron chi connectivity index (χ3n) is 4.93. The molecule has 1 atom stereocenters. The van der Waals surface area contributed by atoms with E-state index in [1.807, 2.05) is 6.92 Å². The van der Waals surface area contributed by atoms with Crippen LogP contribution in [0.4, 0.5) is 10.5 Å². The Morgan fingerprint density at radius 1 is 1.26 bits per heavy atom. The quantitative estimate of drug-likeness (QED) is 0.342. The number of anilines is 1. The zero-order chi connectivity index (χ0) is 22.8. The summed E-state index contributed by atoms with van der Waals surface area (Å²) in [6.45, 7) is 6.41. The Bertz CT molecular complexity index is 809. The van der Waals surface area contributed by atoms with Gasteiger partial charge in [0.15, 0.2) is 11.5 Å². The normalized spacial score (nSPS) is 15.2. The molecule has 2 rings (SSSR count). The Hall–Kier alpha value is -3.23. The minimum atomic E-state index is -0.717. The van der Waals surface area contributed by atoms with Gasteiger partial charge in [-0.25, -0.2) is 4.79 Å². The summed E-state index contributed by atoms with van der Waals surface area (Å²) in [4.78, 5) is 38.4. The lowest BCUT2D eigenvalue weighted by Crippen LogP contribution is -2.34. The van der Waals surface area contributed by atoms with Crippen molar-refractivity contribution in [2.24, 2.45) is 0 Å². The van der Waals surface area contributed by atoms with Crippen molar-refractivity contribution in [3.05, 3.63) is 30.4 Å². The van der Waals surface area contributed by atoms with E-state index in [9.17, 15) is 14.4 Å². The van der Waals surface area contributed by atoms with Gasteiger partial charge in [0.05, 0.1) is 32.1 Å². The number of hydrogen-bond donors (Lipinski definition) is 1. The number of hydrogen-bond acceptors (Lipinski definition) is 7. The molecule has 1 heterocycles. The molecule has 0 aromatic heterocycles. The van der Waals surface area contributed by atoms with Gasteiger partial charge in [-0.2, -0.15) is 0 Å². The minimum Gasteiger partial charge on any atom is -0.493 e. The monoisotopic (exact) mass is 434 g/mol. The average Bonchev–Trinajstić information content (AvgIpc) is 3.20. The molecule has 9 heteroatoms. The molecule has 1 fully saturated rings. The number of benzene rings is 1. The first kappa shape index (κ1) is 24.0. The van der Waals surface area contributed by atoms with Gasteiger partial charge in [0.1, 0.15) is 6.61 Å². The molecular weight excluding hydrogens is 404 g/mol. The summed E-state index contributed by atoms with van der Waals surface area (Å²) in [5.74, 6) is 0.138. The molecule has 0 unspecified atom stereocenters. The minimum absolute atomic E-state index is 0.0330. The molecule has 1 aliphatic heterocycles. The van der Waals surface area contributed by atoms with Crippen molar-refractivity contribution in [1.29, 1.82) is 0 Å². The fraction of sp³-hybridized carbons (Fsp3) is 0.500. The number of carbonyl (C=O) groups is 3. The number of likely N-dealkylation sites (tertiary alicyclic amines) is 1. The van der Waals surface area contributed by atoms with Crippen LogP contribution in [0.3, 0.4) is 0 Å². The predicted molar refractivity (Wildman–Crippen MR) is 115 cm³/mol. The van der Waals surface area contributed by atoms with Gasteiger partial charge < -0.3 is 23.8 Å². The SMILES string of the molecule is C=CCOC(=O)Nc1cc(OCCCC(=O)OC)c(OC)cc1C(=O)N1CCC[C@H]1C. The van der Waals surface area contributed by atoms with E-state index in [-0.39, 0.29) is 48.8 Å².